The molecule has 1 aromatic carbocycles. The predicted molar refractivity (Wildman–Crippen MR) is 84.2 cm³/mol. The summed E-state index contributed by atoms with van der Waals surface area (Å²) in [6.45, 7) is 0. The summed E-state index contributed by atoms with van der Waals surface area (Å²) in [7, 11) is 1.67. The molecule has 1 heterocycles. The fraction of sp³-hybridized carbons (Fsp3) is 0.438. The number of carbonyl (C=O) groups excluding carboxylic acids is 1. The van der Waals surface area contributed by atoms with Crippen molar-refractivity contribution in [1.82, 2.24) is 4.98 Å². The Hall–Kier alpha value is -1.33. The second-order valence-corrected chi connectivity index (χ2v) is 6.24. The molecule has 2 atom stereocenters. The van der Waals surface area contributed by atoms with Crippen molar-refractivity contribution in [3.63, 3.8) is 0 Å². The Kier molecular flexibility index (Phi) is 4.31. The Morgan fingerprint density at radius 3 is 3.00 bits per heavy atom. The summed E-state index contributed by atoms with van der Waals surface area (Å²) in [4.78, 5) is 15.4. The second kappa shape index (κ2) is 6.20. The summed E-state index contributed by atoms with van der Waals surface area (Å²) >= 11 is 3.53. The number of esters is 1. The van der Waals surface area contributed by atoms with Gasteiger partial charge < -0.3 is 14.5 Å². The average Bonchev–Trinajstić information content (AvgIpc) is 3.06. The maximum atomic E-state index is 12.2. The molecule has 0 saturated heterocycles. The Bertz CT molecular complexity index is 652. The topological polar surface area (TPSA) is 51.3 Å². The molecule has 2 unspecified atom stereocenters. The molecule has 0 amide bonds. The van der Waals surface area contributed by atoms with Gasteiger partial charge in [0, 0.05) is 28.7 Å². The van der Waals surface area contributed by atoms with E-state index in [0.717, 1.165) is 40.2 Å². The number of aromatic amines is 1. The first kappa shape index (κ1) is 14.6. The van der Waals surface area contributed by atoms with Crippen molar-refractivity contribution in [3.8, 4) is 0 Å². The standard InChI is InChI=1S/C16H18BrNO3/c1-20-13-6-3-7-14(13)21-15(19)8-10-9-18-12-5-2-4-11(17)16(10)12/h2,4-5,9,13-14,18H,3,6-8H2,1H3. The van der Waals surface area contributed by atoms with Crippen molar-refractivity contribution in [1.29, 1.82) is 0 Å². The van der Waals surface area contributed by atoms with Crippen molar-refractivity contribution in [2.75, 3.05) is 7.11 Å². The molecule has 1 N–H and O–H groups in total. The van der Waals surface area contributed by atoms with Crippen molar-refractivity contribution in [2.45, 2.75) is 37.9 Å². The zero-order valence-electron chi connectivity index (χ0n) is 11.9. The van der Waals surface area contributed by atoms with E-state index in [2.05, 4.69) is 20.9 Å². The average molecular weight is 352 g/mol. The van der Waals surface area contributed by atoms with E-state index in [-0.39, 0.29) is 24.6 Å². The molecule has 1 aromatic heterocycles. The molecule has 3 rings (SSSR count). The zero-order valence-corrected chi connectivity index (χ0v) is 13.5. The minimum absolute atomic E-state index is 0.0451. The lowest BCUT2D eigenvalue weighted by Crippen LogP contribution is -2.28. The molecule has 21 heavy (non-hydrogen) atoms. The van der Waals surface area contributed by atoms with Crippen LogP contribution in [-0.2, 0) is 20.7 Å². The van der Waals surface area contributed by atoms with Crippen LogP contribution in [0.25, 0.3) is 10.9 Å². The van der Waals surface area contributed by atoms with Gasteiger partial charge in [0.15, 0.2) is 0 Å². The number of benzene rings is 1. The zero-order chi connectivity index (χ0) is 14.8. The number of halogens is 1. The normalized spacial score (nSPS) is 21.8. The summed E-state index contributed by atoms with van der Waals surface area (Å²) in [5.74, 6) is -0.194. The molecule has 0 spiro atoms. The van der Waals surface area contributed by atoms with Crippen LogP contribution in [0.3, 0.4) is 0 Å². The maximum Gasteiger partial charge on any atom is 0.310 e. The number of H-pyrrole nitrogens is 1. The van der Waals surface area contributed by atoms with E-state index in [1.165, 1.54) is 0 Å². The second-order valence-electron chi connectivity index (χ2n) is 5.39. The Morgan fingerprint density at radius 2 is 2.19 bits per heavy atom. The number of hydrogen-bond acceptors (Lipinski definition) is 3. The third kappa shape index (κ3) is 2.99. The summed E-state index contributed by atoms with van der Waals surface area (Å²) in [6.07, 6.45) is 5.00. The van der Waals surface area contributed by atoms with Gasteiger partial charge in [-0.1, -0.05) is 22.0 Å². The number of carbonyl (C=O) groups is 1. The molecular weight excluding hydrogens is 334 g/mol. The van der Waals surface area contributed by atoms with E-state index in [9.17, 15) is 4.79 Å². The van der Waals surface area contributed by atoms with Gasteiger partial charge in [-0.05, 0) is 37.0 Å². The number of aromatic nitrogens is 1. The molecule has 0 radical (unpaired) electrons. The highest BCUT2D eigenvalue weighted by Crippen LogP contribution is 2.28. The minimum Gasteiger partial charge on any atom is -0.459 e. The Morgan fingerprint density at radius 1 is 1.38 bits per heavy atom. The first-order valence-corrected chi connectivity index (χ1v) is 7.95. The largest absolute Gasteiger partial charge is 0.459 e. The van der Waals surface area contributed by atoms with Gasteiger partial charge in [0.1, 0.15) is 6.10 Å². The van der Waals surface area contributed by atoms with E-state index in [4.69, 9.17) is 9.47 Å². The van der Waals surface area contributed by atoms with Crippen LogP contribution >= 0.6 is 15.9 Å². The van der Waals surface area contributed by atoms with Gasteiger partial charge in [-0.3, -0.25) is 4.79 Å². The number of nitrogens with one attached hydrogen (secondary N) is 1. The van der Waals surface area contributed by atoms with Crippen LogP contribution in [0.5, 0.6) is 0 Å². The van der Waals surface area contributed by atoms with Gasteiger partial charge in [-0.25, -0.2) is 0 Å². The van der Waals surface area contributed by atoms with Crippen molar-refractivity contribution in [2.24, 2.45) is 0 Å². The van der Waals surface area contributed by atoms with E-state index in [0.29, 0.717) is 0 Å². The molecule has 2 aromatic rings. The fourth-order valence-corrected chi connectivity index (χ4v) is 3.63. The Labute approximate surface area is 131 Å². The SMILES string of the molecule is COC1CCCC1OC(=O)Cc1c[nH]c2cccc(Br)c12. The number of ether oxygens (including phenoxy) is 2. The van der Waals surface area contributed by atoms with E-state index in [1.54, 1.807) is 7.11 Å². The van der Waals surface area contributed by atoms with Crippen LogP contribution in [0.2, 0.25) is 0 Å². The van der Waals surface area contributed by atoms with Gasteiger partial charge in [-0.15, -0.1) is 0 Å². The third-order valence-electron chi connectivity index (χ3n) is 4.05. The van der Waals surface area contributed by atoms with E-state index >= 15 is 0 Å². The number of rotatable bonds is 4. The summed E-state index contributed by atoms with van der Waals surface area (Å²) in [5.41, 5.74) is 1.97. The highest BCUT2D eigenvalue weighted by molar-refractivity contribution is 9.10. The lowest BCUT2D eigenvalue weighted by atomic mass is 10.1. The number of methoxy groups -OCH3 is 1. The van der Waals surface area contributed by atoms with E-state index in [1.807, 2.05) is 24.4 Å². The quantitative estimate of drug-likeness (QED) is 0.856. The minimum atomic E-state index is -0.194. The van der Waals surface area contributed by atoms with Crippen LogP contribution in [0, 0.1) is 0 Å². The third-order valence-corrected chi connectivity index (χ3v) is 4.71. The van der Waals surface area contributed by atoms with Crippen LogP contribution in [-0.4, -0.2) is 30.3 Å². The molecule has 112 valence electrons. The highest BCUT2D eigenvalue weighted by atomic mass is 79.9. The molecule has 4 nitrogen and oxygen atoms in total. The summed E-state index contributed by atoms with van der Waals surface area (Å²) < 4.78 is 11.9. The van der Waals surface area contributed by atoms with Crippen LogP contribution in [0.15, 0.2) is 28.9 Å². The Balaban J connectivity index is 1.72. The van der Waals surface area contributed by atoms with Crippen LogP contribution in [0.4, 0.5) is 0 Å². The van der Waals surface area contributed by atoms with Gasteiger partial charge in [0.25, 0.3) is 0 Å². The molecule has 1 fully saturated rings. The van der Waals surface area contributed by atoms with Gasteiger partial charge in [-0.2, -0.15) is 0 Å². The fourth-order valence-electron chi connectivity index (χ4n) is 3.01. The summed E-state index contributed by atoms with van der Waals surface area (Å²) in [6, 6.07) is 5.93. The number of hydrogen-bond donors (Lipinski definition) is 1. The van der Waals surface area contributed by atoms with Gasteiger partial charge in [0.2, 0.25) is 0 Å². The molecular formula is C16H18BrNO3. The monoisotopic (exact) mass is 351 g/mol. The molecule has 1 aliphatic carbocycles. The van der Waals surface area contributed by atoms with Crippen molar-refractivity contribution < 1.29 is 14.3 Å². The summed E-state index contributed by atoms with van der Waals surface area (Å²) in [5, 5.41) is 1.05. The predicted octanol–water partition coefficient (Wildman–Crippen LogP) is 3.58. The first-order valence-electron chi connectivity index (χ1n) is 7.16. The molecule has 0 aliphatic heterocycles. The first-order chi connectivity index (χ1) is 10.2. The van der Waals surface area contributed by atoms with Gasteiger partial charge in [0.05, 0.1) is 12.5 Å². The van der Waals surface area contributed by atoms with Crippen LogP contribution in [0.1, 0.15) is 24.8 Å². The van der Waals surface area contributed by atoms with Crippen molar-refractivity contribution in [3.05, 3.63) is 34.4 Å². The molecule has 1 aliphatic rings. The molecule has 5 heteroatoms. The lowest BCUT2D eigenvalue weighted by Gasteiger charge is -2.18. The lowest BCUT2D eigenvalue weighted by molar-refractivity contribution is -0.153. The van der Waals surface area contributed by atoms with Crippen molar-refractivity contribution >= 4 is 32.8 Å². The molecule has 0 bridgehead atoms. The highest BCUT2D eigenvalue weighted by Gasteiger charge is 2.30. The smallest absolute Gasteiger partial charge is 0.310 e. The molecule has 1 saturated carbocycles. The van der Waals surface area contributed by atoms with Crippen LogP contribution < -0.4 is 0 Å². The van der Waals surface area contributed by atoms with E-state index < -0.39 is 0 Å². The number of fused-ring (bicyclic) bond motifs is 1. The maximum absolute atomic E-state index is 12.2. The van der Waals surface area contributed by atoms with Gasteiger partial charge >= 0.3 is 5.97 Å².